The van der Waals surface area contributed by atoms with Crippen molar-refractivity contribution < 1.29 is 13.2 Å². The number of benzene rings is 2. The number of hydrogen-bond donors (Lipinski definition) is 0. The summed E-state index contributed by atoms with van der Waals surface area (Å²) in [5.74, 6) is 0.0279. The van der Waals surface area contributed by atoms with E-state index in [4.69, 9.17) is 0 Å². The molecule has 0 aromatic heterocycles. The van der Waals surface area contributed by atoms with E-state index in [-0.39, 0.29) is 22.4 Å². The highest BCUT2D eigenvalue weighted by molar-refractivity contribution is 7.91. The smallest absolute Gasteiger partial charge is 0.185 e. The summed E-state index contributed by atoms with van der Waals surface area (Å²) in [6.07, 6.45) is 4.35. The molecule has 0 saturated heterocycles. The molecule has 0 spiro atoms. The van der Waals surface area contributed by atoms with E-state index in [9.17, 15) is 13.2 Å². The largest absolute Gasteiger partial charge is 0.289 e. The molecule has 3 rings (SSSR count). The third-order valence-electron chi connectivity index (χ3n) is 5.69. The fourth-order valence-corrected chi connectivity index (χ4v) is 5.25. The Hall–Kier alpha value is -2.20. The van der Waals surface area contributed by atoms with Crippen LogP contribution >= 0.6 is 0 Å². The van der Waals surface area contributed by atoms with Crippen LogP contribution in [-0.2, 0) is 20.7 Å². The summed E-state index contributed by atoms with van der Waals surface area (Å²) in [6, 6.07) is 12.7. The first-order chi connectivity index (χ1) is 13.0. The van der Waals surface area contributed by atoms with Crippen molar-refractivity contribution in [2.45, 2.75) is 56.8 Å². The summed E-state index contributed by atoms with van der Waals surface area (Å²) in [5.41, 5.74) is 4.24. The molecule has 0 unspecified atom stereocenters. The van der Waals surface area contributed by atoms with E-state index >= 15 is 0 Å². The number of carbonyl (C=O) groups is 1. The molecule has 0 bridgehead atoms. The van der Waals surface area contributed by atoms with Gasteiger partial charge in [0, 0.05) is 5.56 Å². The predicted octanol–water partition coefficient (Wildman–Crippen LogP) is 5.34. The van der Waals surface area contributed by atoms with Crippen LogP contribution in [-0.4, -0.2) is 20.0 Å². The normalized spacial score (nSPS) is 17.6. The Kier molecular flexibility index (Phi) is 5.13. The van der Waals surface area contributed by atoms with E-state index in [2.05, 4.69) is 33.8 Å². The molecule has 0 amide bonds. The average molecular weight is 397 g/mol. The lowest BCUT2D eigenvalue weighted by molar-refractivity contribution is 0.104. The van der Waals surface area contributed by atoms with Gasteiger partial charge >= 0.3 is 0 Å². The van der Waals surface area contributed by atoms with Gasteiger partial charge in [0.05, 0.1) is 10.6 Å². The molecule has 0 saturated carbocycles. The Morgan fingerprint density at radius 1 is 0.964 bits per heavy atom. The van der Waals surface area contributed by atoms with Gasteiger partial charge in [-0.25, -0.2) is 8.42 Å². The van der Waals surface area contributed by atoms with Crippen molar-refractivity contribution in [1.29, 1.82) is 0 Å². The van der Waals surface area contributed by atoms with Crippen molar-refractivity contribution in [3.05, 3.63) is 70.8 Å². The van der Waals surface area contributed by atoms with E-state index in [1.165, 1.54) is 11.1 Å². The van der Waals surface area contributed by atoms with Crippen LogP contribution in [0.25, 0.3) is 6.08 Å². The first kappa shape index (κ1) is 20.5. The Morgan fingerprint density at radius 2 is 1.57 bits per heavy atom. The molecule has 2 aromatic rings. The molecule has 0 heterocycles. The monoisotopic (exact) mass is 396 g/mol. The van der Waals surface area contributed by atoms with Gasteiger partial charge in [0.1, 0.15) is 0 Å². The summed E-state index contributed by atoms with van der Waals surface area (Å²) in [6.45, 7) is 10.6. The van der Waals surface area contributed by atoms with Gasteiger partial charge in [-0.15, -0.1) is 0 Å². The van der Waals surface area contributed by atoms with Crippen LogP contribution in [0.15, 0.2) is 53.4 Å². The molecule has 1 aliphatic rings. The standard InChI is InChI=1S/C24H28O3S/c1-6-28(26,27)19-11-7-17(8-12-19)9-14-22(25)18-10-13-20-21(15-18)24(4,5)16-23(20,2)3/h7-15H,6,16H2,1-5H3. The maximum absolute atomic E-state index is 12.7. The third-order valence-corrected chi connectivity index (χ3v) is 7.44. The molecule has 0 atom stereocenters. The average Bonchev–Trinajstić information content (AvgIpc) is 2.83. The van der Waals surface area contributed by atoms with Crippen LogP contribution in [0.4, 0.5) is 0 Å². The molecule has 0 radical (unpaired) electrons. The molecular formula is C24H28O3S. The molecule has 3 nitrogen and oxygen atoms in total. The summed E-state index contributed by atoms with van der Waals surface area (Å²) >= 11 is 0. The molecule has 0 aliphatic heterocycles. The molecule has 2 aromatic carbocycles. The Bertz CT molecular complexity index is 1040. The minimum absolute atomic E-state index is 0.0476. The highest BCUT2D eigenvalue weighted by Gasteiger charge is 2.41. The van der Waals surface area contributed by atoms with Crippen LogP contribution in [0.2, 0.25) is 0 Å². The van der Waals surface area contributed by atoms with Crippen molar-refractivity contribution in [2.75, 3.05) is 5.75 Å². The number of allylic oxidation sites excluding steroid dienone is 1. The predicted molar refractivity (Wildman–Crippen MR) is 115 cm³/mol. The summed E-state index contributed by atoms with van der Waals surface area (Å²) in [7, 11) is -3.21. The van der Waals surface area contributed by atoms with Crippen LogP contribution in [0.1, 0.15) is 68.1 Å². The zero-order chi connectivity index (χ0) is 20.7. The van der Waals surface area contributed by atoms with Gasteiger partial charge in [0.25, 0.3) is 0 Å². The van der Waals surface area contributed by atoms with E-state index < -0.39 is 9.84 Å². The van der Waals surface area contributed by atoms with E-state index in [0.29, 0.717) is 10.5 Å². The van der Waals surface area contributed by atoms with Gasteiger partial charge in [-0.3, -0.25) is 4.79 Å². The van der Waals surface area contributed by atoms with Gasteiger partial charge in [-0.1, -0.05) is 65.0 Å². The summed E-state index contributed by atoms with van der Waals surface area (Å²) < 4.78 is 23.8. The van der Waals surface area contributed by atoms with Crippen LogP contribution < -0.4 is 0 Å². The van der Waals surface area contributed by atoms with Gasteiger partial charge in [0.15, 0.2) is 15.6 Å². The Labute approximate surface area is 168 Å². The fraction of sp³-hybridized carbons (Fsp3) is 0.375. The number of sulfone groups is 1. The third kappa shape index (κ3) is 3.83. The minimum atomic E-state index is -3.21. The second kappa shape index (κ2) is 7.00. The highest BCUT2D eigenvalue weighted by atomic mass is 32.2. The number of ketones is 1. The van der Waals surface area contributed by atoms with Crippen molar-refractivity contribution in [3.63, 3.8) is 0 Å². The van der Waals surface area contributed by atoms with Gasteiger partial charge in [-0.2, -0.15) is 0 Å². The van der Waals surface area contributed by atoms with Gasteiger partial charge in [-0.05, 0) is 58.2 Å². The van der Waals surface area contributed by atoms with Gasteiger partial charge < -0.3 is 0 Å². The molecule has 0 N–H and O–H groups in total. The lowest BCUT2D eigenvalue weighted by Gasteiger charge is -2.22. The summed E-state index contributed by atoms with van der Waals surface area (Å²) in [4.78, 5) is 13.0. The maximum Gasteiger partial charge on any atom is 0.185 e. The topological polar surface area (TPSA) is 51.2 Å². The Balaban J connectivity index is 1.83. The molecule has 28 heavy (non-hydrogen) atoms. The molecule has 0 fully saturated rings. The first-order valence-electron chi connectivity index (χ1n) is 9.66. The zero-order valence-electron chi connectivity index (χ0n) is 17.2. The first-order valence-corrected chi connectivity index (χ1v) is 11.3. The minimum Gasteiger partial charge on any atom is -0.289 e. The van der Waals surface area contributed by atoms with Crippen LogP contribution in [0.3, 0.4) is 0 Å². The maximum atomic E-state index is 12.7. The van der Waals surface area contributed by atoms with Crippen molar-refractivity contribution in [2.24, 2.45) is 0 Å². The van der Waals surface area contributed by atoms with E-state index in [0.717, 1.165) is 12.0 Å². The molecule has 4 heteroatoms. The van der Waals surface area contributed by atoms with E-state index in [1.807, 2.05) is 12.1 Å². The number of carbonyl (C=O) groups excluding carboxylic acids is 1. The van der Waals surface area contributed by atoms with Crippen molar-refractivity contribution in [1.82, 2.24) is 0 Å². The fourth-order valence-electron chi connectivity index (χ4n) is 4.36. The molecule has 1 aliphatic carbocycles. The molecule has 148 valence electrons. The summed E-state index contributed by atoms with van der Waals surface area (Å²) in [5, 5.41) is 0. The quantitative estimate of drug-likeness (QED) is 0.507. The van der Waals surface area contributed by atoms with Crippen LogP contribution in [0, 0.1) is 0 Å². The number of fused-ring (bicyclic) bond motifs is 1. The lowest BCUT2D eigenvalue weighted by atomic mass is 9.82. The van der Waals surface area contributed by atoms with Crippen LogP contribution in [0.5, 0.6) is 0 Å². The van der Waals surface area contributed by atoms with Gasteiger partial charge in [0.2, 0.25) is 0 Å². The number of hydrogen-bond acceptors (Lipinski definition) is 3. The zero-order valence-corrected chi connectivity index (χ0v) is 18.1. The SMILES string of the molecule is CCS(=O)(=O)c1ccc(C=CC(=O)c2ccc3c(c2)C(C)(C)CC3(C)C)cc1. The second-order valence-corrected chi connectivity index (χ2v) is 11.2. The van der Waals surface area contributed by atoms with Crippen molar-refractivity contribution in [3.8, 4) is 0 Å². The molecular weight excluding hydrogens is 368 g/mol. The number of rotatable bonds is 5. The highest BCUT2D eigenvalue weighted by Crippen LogP contribution is 2.49. The lowest BCUT2D eigenvalue weighted by Crippen LogP contribution is -2.18. The Morgan fingerprint density at radius 3 is 2.18 bits per heavy atom. The van der Waals surface area contributed by atoms with Crippen molar-refractivity contribution >= 4 is 21.7 Å². The van der Waals surface area contributed by atoms with E-state index in [1.54, 1.807) is 43.3 Å². The second-order valence-electron chi connectivity index (χ2n) is 8.87.